The van der Waals surface area contributed by atoms with E-state index in [9.17, 15) is 14.4 Å². The molecule has 0 atom stereocenters. The molecule has 0 spiro atoms. The number of aromatic nitrogens is 1. The minimum atomic E-state index is -0.656. The predicted molar refractivity (Wildman–Crippen MR) is 127 cm³/mol. The molecule has 2 heterocycles. The van der Waals surface area contributed by atoms with Crippen molar-refractivity contribution in [3.8, 4) is 34.6 Å². The summed E-state index contributed by atoms with van der Waals surface area (Å²) in [5, 5.41) is 9.31. The van der Waals surface area contributed by atoms with E-state index in [4.69, 9.17) is 9.47 Å². The maximum absolute atomic E-state index is 14.3. The Morgan fingerprint density at radius 3 is 2.51 bits per heavy atom. The second-order valence-corrected chi connectivity index (χ2v) is 8.07. The normalized spacial score (nSPS) is 12.3. The summed E-state index contributed by atoms with van der Waals surface area (Å²) >= 11 is 0. The summed E-state index contributed by atoms with van der Waals surface area (Å²) in [6.45, 7) is 0.829. The third-order valence-corrected chi connectivity index (χ3v) is 5.88. The molecule has 0 saturated carbocycles. The summed E-state index contributed by atoms with van der Waals surface area (Å²) in [5.41, 5.74) is 4.20. The number of hydrogen-bond donors (Lipinski definition) is 0. The van der Waals surface area contributed by atoms with Crippen molar-refractivity contribution in [1.29, 1.82) is 5.26 Å². The largest absolute Gasteiger partial charge is 0.481 e. The van der Waals surface area contributed by atoms with Gasteiger partial charge in [0.05, 0.1) is 18.2 Å². The highest BCUT2D eigenvalue weighted by Gasteiger charge is 2.31. The van der Waals surface area contributed by atoms with Gasteiger partial charge in [-0.15, -0.1) is 0 Å². The predicted octanol–water partition coefficient (Wildman–Crippen LogP) is 5.72. The first-order valence-corrected chi connectivity index (χ1v) is 10.9. The van der Waals surface area contributed by atoms with Crippen LogP contribution in [0.15, 0.2) is 79.0 Å². The number of amides is 1. The van der Waals surface area contributed by atoms with Gasteiger partial charge in [-0.2, -0.15) is 5.26 Å². The first-order chi connectivity index (χ1) is 17.1. The molecule has 0 aliphatic carbocycles. The number of fused-ring (bicyclic) bond motifs is 1. The summed E-state index contributed by atoms with van der Waals surface area (Å²) in [6.07, 6.45) is 1.75. The molecule has 3 aromatic carbocycles. The zero-order chi connectivity index (χ0) is 24.4. The number of nitriles is 1. The number of hydrogen-bond acceptors (Lipinski definition) is 5. The second-order valence-electron chi connectivity index (χ2n) is 8.07. The van der Waals surface area contributed by atoms with Gasteiger partial charge < -0.3 is 14.4 Å². The maximum Gasteiger partial charge on any atom is 0.258 e. The van der Waals surface area contributed by atoms with Gasteiger partial charge >= 0.3 is 0 Å². The minimum Gasteiger partial charge on any atom is -0.481 e. The third-order valence-electron chi connectivity index (χ3n) is 5.88. The van der Waals surface area contributed by atoms with Crippen LogP contribution in [0.5, 0.6) is 17.4 Å². The van der Waals surface area contributed by atoms with Crippen molar-refractivity contribution in [2.24, 2.45) is 0 Å². The SMILES string of the molecule is COc1ccc(-c2ccc(CN3Cc4cccc(Oc5c(F)cccc5C#N)c4C3=O)cc2)cn1. The van der Waals surface area contributed by atoms with E-state index in [2.05, 4.69) is 4.98 Å². The number of benzene rings is 3. The standard InChI is InChI=1S/C28H20FN3O3/c1-34-25-13-12-21(15-31-25)19-10-8-18(9-11-19)16-32-17-22-5-3-7-24(26(22)28(32)33)35-27-20(14-30)4-2-6-23(27)29/h2-13,15H,16-17H2,1H3. The van der Waals surface area contributed by atoms with E-state index >= 15 is 0 Å². The van der Waals surface area contributed by atoms with E-state index in [-0.39, 0.29) is 23.0 Å². The molecule has 5 rings (SSSR count). The van der Waals surface area contributed by atoms with E-state index in [1.54, 1.807) is 30.3 Å². The lowest BCUT2D eigenvalue weighted by Gasteiger charge is -2.16. The number of para-hydroxylation sites is 1. The summed E-state index contributed by atoms with van der Waals surface area (Å²) in [7, 11) is 1.58. The van der Waals surface area contributed by atoms with Gasteiger partial charge in [0.2, 0.25) is 5.88 Å². The average Bonchev–Trinajstić information content (AvgIpc) is 3.21. The molecule has 0 fully saturated rings. The molecule has 6 nitrogen and oxygen atoms in total. The first kappa shape index (κ1) is 22.1. The molecule has 4 aromatic rings. The molecule has 1 aromatic heterocycles. The van der Waals surface area contributed by atoms with Crippen LogP contribution in [-0.2, 0) is 13.1 Å². The molecular formula is C28H20FN3O3. The molecule has 172 valence electrons. The van der Waals surface area contributed by atoms with Gasteiger partial charge in [-0.25, -0.2) is 9.37 Å². The van der Waals surface area contributed by atoms with E-state index in [1.807, 2.05) is 48.5 Å². The summed E-state index contributed by atoms with van der Waals surface area (Å²) in [6, 6.07) is 23.0. The van der Waals surface area contributed by atoms with Gasteiger partial charge in [0.15, 0.2) is 11.6 Å². The Kier molecular flexibility index (Phi) is 5.86. The number of carbonyl (C=O) groups is 1. The Hall–Kier alpha value is -4.70. The third kappa shape index (κ3) is 4.30. The molecule has 0 N–H and O–H groups in total. The number of methoxy groups -OCH3 is 1. The lowest BCUT2D eigenvalue weighted by atomic mass is 10.1. The number of halogens is 1. The lowest BCUT2D eigenvalue weighted by Crippen LogP contribution is -2.23. The molecule has 1 aliphatic heterocycles. The van der Waals surface area contributed by atoms with Gasteiger partial charge in [-0.3, -0.25) is 4.79 Å². The fraction of sp³-hybridized carbons (Fsp3) is 0.107. The van der Waals surface area contributed by atoms with Crippen LogP contribution in [0.4, 0.5) is 4.39 Å². The van der Waals surface area contributed by atoms with Crippen LogP contribution in [0.25, 0.3) is 11.1 Å². The molecule has 0 bridgehead atoms. The monoisotopic (exact) mass is 465 g/mol. The number of rotatable bonds is 6. The Labute approximate surface area is 201 Å². The fourth-order valence-corrected chi connectivity index (χ4v) is 4.10. The summed E-state index contributed by atoms with van der Waals surface area (Å²) < 4.78 is 25.2. The topological polar surface area (TPSA) is 75.5 Å². The Balaban J connectivity index is 1.35. The Morgan fingerprint density at radius 1 is 1.03 bits per heavy atom. The Bertz CT molecular complexity index is 1440. The van der Waals surface area contributed by atoms with Crippen molar-refractivity contribution in [3.63, 3.8) is 0 Å². The van der Waals surface area contributed by atoms with Crippen molar-refractivity contribution in [1.82, 2.24) is 9.88 Å². The number of ether oxygens (including phenoxy) is 2. The van der Waals surface area contributed by atoms with Crippen LogP contribution in [0.3, 0.4) is 0 Å². The van der Waals surface area contributed by atoms with E-state index in [0.717, 1.165) is 22.3 Å². The van der Waals surface area contributed by atoms with Crippen LogP contribution >= 0.6 is 0 Å². The maximum atomic E-state index is 14.3. The van der Waals surface area contributed by atoms with Gasteiger partial charge in [-0.05, 0) is 41.0 Å². The van der Waals surface area contributed by atoms with Crippen molar-refractivity contribution >= 4 is 5.91 Å². The number of pyridine rings is 1. The van der Waals surface area contributed by atoms with Crippen LogP contribution in [0.2, 0.25) is 0 Å². The molecular weight excluding hydrogens is 445 g/mol. The van der Waals surface area contributed by atoms with E-state index in [0.29, 0.717) is 24.5 Å². The quantitative estimate of drug-likeness (QED) is 0.364. The van der Waals surface area contributed by atoms with Crippen LogP contribution in [0.1, 0.15) is 27.0 Å². The minimum absolute atomic E-state index is 0.0667. The smallest absolute Gasteiger partial charge is 0.258 e. The molecule has 7 heteroatoms. The van der Waals surface area contributed by atoms with E-state index in [1.165, 1.54) is 18.2 Å². The molecule has 35 heavy (non-hydrogen) atoms. The van der Waals surface area contributed by atoms with Crippen molar-refractivity contribution in [2.75, 3.05) is 7.11 Å². The Morgan fingerprint density at radius 2 is 1.80 bits per heavy atom. The van der Waals surface area contributed by atoms with Crippen molar-refractivity contribution < 1.29 is 18.7 Å². The van der Waals surface area contributed by atoms with E-state index < -0.39 is 5.82 Å². The zero-order valence-electron chi connectivity index (χ0n) is 18.9. The van der Waals surface area contributed by atoms with Crippen molar-refractivity contribution in [3.05, 3.63) is 107 Å². The van der Waals surface area contributed by atoms with Gasteiger partial charge in [-0.1, -0.05) is 42.5 Å². The molecule has 0 unspecified atom stereocenters. The van der Waals surface area contributed by atoms with Gasteiger partial charge in [0, 0.05) is 30.9 Å². The highest BCUT2D eigenvalue weighted by Crippen LogP contribution is 2.36. The summed E-state index contributed by atoms with van der Waals surface area (Å²) in [4.78, 5) is 19.2. The highest BCUT2D eigenvalue weighted by molar-refractivity contribution is 6.01. The van der Waals surface area contributed by atoms with Crippen LogP contribution in [-0.4, -0.2) is 22.9 Å². The average molecular weight is 465 g/mol. The van der Waals surface area contributed by atoms with Crippen LogP contribution in [0, 0.1) is 17.1 Å². The molecule has 1 aliphatic rings. The lowest BCUT2D eigenvalue weighted by molar-refractivity contribution is 0.0764. The second kappa shape index (κ2) is 9.27. The molecule has 0 radical (unpaired) electrons. The molecule has 1 amide bonds. The van der Waals surface area contributed by atoms with Crippen LogP contribution < -0.4 is 9.47 Å². The first-order valence-electron chi connectivity index (χ1n) is 10.9. The fourth-order valence-electron chi connectivity index (χ4n) is 4.10. The number of carbonyl (C=O) groups excluding carboxylic acids is 1. The number of nitrogens with zero attached hydrogens (tertiary/aromatic N) is 3. The molecule has 0 saturated heterocycles. The van der Waals surface area contributed by atoms with Crippen molar-refractivity contribution in [2.45, 2.75) is 13.1 Å². The summed E-state index contributed by atoms with van der Waals surface area (Å²) in [5.74, 6) is -0.248. The van der Waals surface area contributed by atoms with Gasteiger partial charge in [0.1, 0.15) is 11.8 Å². The van der Waals surface area contributed by atoms with Gasteiger partial charge in [0.25, 0.3) is 5.91 Å². The highest BCUT2D eigenvalue weighted by atomic mass is 19.1. The zero-order valence-corrected chi connectivity index (χ0v) is 18.9.